The second-order valence-corrected chi connectivity index (χ2v) is 4.35. The summed E-state index contributed by atoms with van der Waals surface area (Å²) in [4.78, 5) is 0. The standard InChI is InChI=1S/C13H21ClN2O2/c1-17-9-10-18-8-3-2-7-16-13-11(14)5-4-6-12(13)15/h4-6,16H,2-3,7-10,15H2,1H3. The summed E-state index contributed by atoms with van der Waals surface area (Å²) < 4.78 is 10.3. The first-order valence-electron chi connectivity index (χ1n) is 6.10. The van der Waals surface area contributed by atoms with Crippen molar-refractivity contribution in [1.82, 2.24) is 0 Å². The number of anilines is 2. The maximum Gasteiger partial charge on any atom is 0.0763 e. The van der Waals surface area contributed by atoms with Crippen LogP contribution in [0.1, 0.15) is 12.8 Å². The number of methoxy groups -OCH3 is 1. The molecule has 0 aromatic heterocycles. The Labute approximate surface area is 113 Å². The number of unbranched alkanes of at least 4 members (excludes halogenated alkanes) is 1. The molecule has 0 unspecified atom stereocenters. The van der Waals surface area contributed by atoms with Crippen LogP contribution in [0.15, 0.2) is 18.2 Å². The molecule has 1 aromatic rings. The molecule has 0 bridgehead atoms. The number of benzene rings is 1. The smallest absolute Gasteiger partial charge is 0.0763 e. The van der Waals surface area contributed by atoms with E-state index >= 15 is 0 Å². The van der Waals surface area contributed by atoms with E-state index in [1.807, 2.05) is 18.2 Å². The molecule has 0 radical (unpaired) electrons. The first kappa shape index (κ1) is 15.1. The van der Waals surface area contributed by atoms with Crippen LogP contribution >= 0.6 is 11.6 Å². The molecule has 0 atom stereocenters. The van der Waals surface area contributed by atoms with E-state index in [4.69, 9.17) is 26.8 Å². The van der Waals surface area contributed by atoms with Gasteiger partial charge >= 0.3 is 0 Å². The van der Waals surface area contributed by atoms with Crippen LogP contribution in [0.25, 0.3) is 0 Å². The lowest BCUT2D eigenvalue weighted by molar-refractivity contribution is 0.0691. The summed E-state index contributed by atoms with van der Waals surface area (Å²) in [6.07, 6.45) is 2.01. The molecule has 0 heterocycles. The van der Waals surface area contributed by atoms with Gasteiger partial charge in [-0.25, -0.2) is 0 Å². The topological polar surface area (TPSA) is 56.5 Å². The zero-order valence-corrected chi connectivity index (χ0v) is 11.5. The largest absolute Gasteiger partial charge is 0.397 e. The first-order valence-corrected chi connectivity index (χ1v) is 6.48. The van der Waals surface area contributed by atoms with E-state index in [2.05, 4.69) is 5.32 Å². The van der Waals surface area contributed by atoms with E-state index in [1.165, 1.54) is 0 Å². The number of halogens is 1. The van der Waals surface area contributed by atoms with Crippen LogP contribution in [0.3, 0.4) is 0 Å². The SMILES string of the molecule is COCCOCCCCNc1c(N)cccc1Cl. The molecule has 0 spiro atoms. The van der Waals surface area contributed by atoms with Crippen molar-refractivity contribution in [2.24, 2.45) is 0 Å². The van der Waals surface area contributed by atoms with Gasteiger partial charge in [0, 0.05) is 20.3 Å². The summed E-state index contributed by atoms with van der Waals surface area (Å²) in [6.45, 7) is 2.89. The second-order valence-electron chi connectivity index (χ2n) is 3.94. The quantitative estimate of drug-likeness (QED) is 0.536. The molecule has 4 nitrogen and oxygen atoms in total. The van der Waals surface area contributed by atoms with Crippen LogP contribution in [0.2, 0.25) is 5.02 Å². The predicted octanol–water partition coefficient (Wildman–Crippen LogP) is 2.78. The molecular formula is C13H21ClN2O2. The molecule has 5 heteroatoms. The normalized spacial score (nSPS) is 10.6. The van der Waals surface area contributed by atoms with Crippen molar-refractivity contribution in [2.45, 2.75) is 12.8 Å². The molecule has 3 N–H and O–H groups in total. The molecule has 0 saturated carbocycles. The number of ether oxygens (including phenoxy) is 2. The average Bonchev–Trinajstić information content (AvgIpc) is 2.35. The number of nitrogens with one attached hydrogen (secondary N) is 1. The van der Waals surface area contributed by atoms with Crippen molar-refractivity contribution in [2.75, 3.05) is 44.5 Å². The van der Waals surface area contributed by atoms with Crippen LogP contribution in [0, 0.1) is 0 Å². The number of nitrogen functional groups attached to an aromatic ring is 1. The monoisotopic (exact) mass is 272 g/mol. The van der Waals surface area contributed by atoms with E-state index < -0.39 is 0 Å². The Morgan fingerprint density at radius 1 is 1.22 bits per heavy atom. The molecule has 1 aromatic carbocycles. The summed E-state index contributed by atoms with van der Waals surface area (Å²) in [5.41, 5.74) is 7.33. The van der Waals surface area contributed by atoms with Gasteiger partial charge in [-0.3, -0.25) is 0 Å². The highest BCUT2D eigenvalue weighted by Crippen LogP contribution is 2.27. The Kier molecular flexibility index (Phi) is 7.57. The van der Waals surface area contributed by atoms with Gasteiger partial charge in [0.05, 0.1) is 29.6 Å². The van der Waals surface area contributed by atoms with Gasteiger partial charge in [-0.05, 0) is 25.0 Å². The van der Waals surface area contributed by atoms with Crippen LogP contribution < -0.4 is 11.1 Å². The van der Waals surface area contributed by atoms with Gasteiger partial charge < -0.3 is 20.5 Å². The van der Waals surface area contributed by atoms with E-state index in [0.717, 1.165) is 31.7 Å². The first-order chi connectivity index (χ1) is 8.75. The van der Waals surface area contributed by atoms with Crippen molar-refractivity contribution in [1.29, 1.82) is 0 Å². The Morgan fingerprint density at radius 2 is 2.06 bits per heavy atom. The Balaban J connectivity index is 2.11. The van der Waals surface area contributed by atoms with Gasteiger partial charge in [0.1, 0.15) is 0 Å². The zero-order valence-electron chi connectivity index (χ0n) is 10.7. The molecule has 0 saturated heterocycles. The molecule has 0 amide bonds. The molecule has 1 rings (SSSR count). The molecule has 0 fully saturated rings. The maximum atomic E-state index is 6.05. The van der Waals surface area contributed by atoms with Crippen LogP contribution in [-0.2, 0) is 9.47 Å². The van der Waals surface area contributed by atoms with E-state index in [1.54, 1.807) is 7.11 Å². The third-order valence-electron chi connectivity index (χ3n) is 2.49. The molecule has 102 valence electrons. The van der Waals surface area contributed by atoms with E-state index in [0.29, 0.717) is 23.9 Å². The van der Waals surface area contributed by atoms with Gasteiger partial charge in [0.2, 0.25) is 0 Å². The van der Waals surface area contributed by atoms with Gasteiger partial charge in [-0.15, -0.1) is 0 Å². The van der Waals surface area contributed by atoms with Crippen LogP contribution in [0.4, 0.5) is 11.4 Å². The van der Waals surface area contributed by atoms with E-state index in [9.17, 15) is 0 Å². The number of para-hydroxylation sites is 1. The Bertz CT molecular complexity index is 328. The van der Waals surface area contributed by atoms with E-state index in [-0.39, 0.29) is 0 Å². The van der Waals surface area contributed by atoms with Crippen LogP contribution in [0.5, 0.6) is 0 Å². The summed E-state index contributed by atoms with van der Waals surface area (Å²) >= 11 is 6.05. The van der Waals surface area contributed by atoms with Crippen molar-refractivity contribution in [3.05, 3.63) is 23.2 Å². The molecule has 0 aliphatic carbocycles. The predicted molar refractivity (Wildman–Crippen MR) is 76.3 cm³/mol. The fourth-order valence-electron chi connectivity index (χ4n) is 1.51. The van der Waals surface area contributed by atoms with Crippen molar-refractivity contribution in [3.63, 3.8) is 0 Å². The summed E-state index contributed by atoms with van der Waals surface area (Å²) in [5, 5.41) is 3.90. The lowest BCUT2D eigenvalue weighted by Crippen LogP contribution is -2.07. The highest BCUT2D eigenvalue weighted by Gasteiger charge is 2.02. The van der Waals surface area contributed by atoms with Crippen molar-refractivity contribution < 1.29 is 9.47 Å². The van der Waals surface area contributed by atoms with Gasteiger partial charge in [-0.1, -0.05) is 17.7 Å². The van der Waals surface area contributed by atoms with Gasteiger partial charge in [-0.2, -0.15) is 0 Å². The Hall–Kier alpha value is -0.970. The number of hydrogen-bond acceptors (Lipinski definition) is 4. The zero-order chi connectivity index (χ0) is 13.2. The lowest BCUT2D eigenvalue weighted by Gasteiger charge is -2.11. The number of nitrogens with two attached hydrogens (primary N) is 1. The number of rotatable bonds is 9. The third-order valence-corrected chi connectivity index (χ3v) is 2.81. The van der Waals surface area contributed by atoms with Gasteiger partial charge in [0.25, 0.3) is 0 Å². The highest BCUT2D eigenvalue weighted by atomic mass is 35.5. The van der Waals surface area contributed by atoms with Crippen molar-refractivity contribution >= 4 is 23.0 Å². The minimum atomic E-state index is 0.647. The molecular weight excluding hydrogens is 252 g/mol. The fraction of sp³-hybridized carbons (Fsp3) is 0.538. The maximum absolute atomic E-state index is 6.05. The lowest BCUT2D eigenvalue weighted by atomic mass is 10.2. The molecule has 0 aliphatic rings. The average molecular weight is 273 g/mol. The Morgan fingerprint density at radius 3 is 2.78 bits per heavy atom. The third kappa shape index (κ3) is 5.58. The second kappa shape index (κ2) is 9.03. The summed E-state index contributed by atoms with van der Waals surface area (Å²) in [7, 11) is 1.67. The fourth-order valence-corrected chi connectivity index (χ4v) is 1.76. The molecule has 18 heavy (non-hydrogen) atoms. The van der Waals surface area contributed by atoms with Gasteiger partial charge in [0.15, 0.2) is 0 Å². The van der Waals surface area contributed by atoms with Crippen molar-refractivity contribution in [3.8, 4) is 0 Å². The number of hydrogen-bond donors (Lipinski definition) is 2. The minimum absolute atomic E-state index is 0.647. The minimum Gasteiger partial charge on any atom is -0.397 e. The highest BCUT2D eigenvalue weighted by molar-refractivity contribution is 6.33. The molecule has 0 aliphatic heterocycles. The summed E-state index contributed by atoms with van der Waals surface area (Å²) in [5.74, 6) is 0. The summed E-state index contributed by atoms with van der Waals surface area (Å²) in [6, 6.07) is 5.50. The van der Waals surface area contributed by atoms with Crippen LogP contribution in [-0.4, -0.2) is 33.5 Å².